The van der Waals surface area contributed by atoms with E-state index in [1.165, 1.54) is 0 Å². The van der Waals surface area contributed by atoms with Crippen LogP contribution in [0.3, 0.4) is 0 Å². The minimum Gasteiger partial charge on any atom is -0.495 e. The van der Waals surface area contributed by atoms with Crippen molar-refractivity contribution in [2.24, 2.45) is 0 Å². The maximum atomic E-state index is 12.6. The molecule has 1 heterocycles. The van der Waals surface area contributed by atoms with Crippen LogP contribution in [0, 0.1) is 6.92 Å². The smallest absolute Gasteiger partial charge is 0.246 e. The van der Waals surface area contributed by atoms with Gasteiger partial charge >= 0.3 is 0 Å². The molecule has 6 heteroatoms. The predicted octanol–water partition coefficient (Wildman–Crippen LogP) is 3.35. The molecule has 1 atom stereocenters. The maximum absolute atomic E-state index is 12.6. The number of nitrogens with one attached hydrogen (secondary N) is 2. The molecule has 0 saturated carbocycles. The minimum atomic E-state index is -0.432. The highest BCUT2D eigenvalue weighted by Crippen LogP contribution is 2.31. The SMILES string of the molecule is COc1ccc(C)cc1NC(=O)C(C)Nc1ccc2c(c1)CCN2C(C)=O. The summed E-state index contributed by atoms with van der Waals surface area (Å²) in [6.07, 6.45) is 0.825. The highest BCUT2D eigenvalue weighted by atomic mass is 16.5. The molecular weight excluding hydrogens is 342 g/mol. The molecular formula is C21H25N3O3. The summed E-state index contributed by atoms with van der Waals surface area (Å²) >= 11 is 0. The van der Waals surface area contributed by atoms with Crippen molar-refractivity contribution in [1.29, 1.82) is 0 Å². The van der Waals surface area contributed by atoms with Crippen LogP contribution < -0.4 is 20.3 Å². The maximum Gasteiger partial charge on any atom is 0.246 e. The molecule has 2 amide bonds. The van der Waals surface area contributed by atoms with E-state index in [0.29, 0.717) is 18.0 Å². The molecule has 27 heavy (non-hydrogen) atoms. The van der Waals surface area contributed by atoms with Crippen LogP contribution in [0.5, 0.6) is 5.75 Å². The van der Waals surface area contributed by atoms with E-state index in [0.717, 1.165) is 28.9 Å². The summed E-state index contributed by atoms with van der Waals surface area (Å²) in [4.78, 5) is 26.0. The Balaban J connectivity index is 1.69. The zero-order valence-electron chi connectivity index (χ0n) is 16.1. The van der Waals surface area contributed by atoms with Crippen LogP contribution in [0.1, 0.15) is 25.0 Å². The Morgan fingerprint density at radius 3 is 2.67 bits per heavy atom. The number of amides is 2. The molecule has 2 aromatic carbocycles. The Labute approximate surface area is 159 Å². The summed E-state index contributed by atoms with van der Waals surface area (Å²) < 4.78 is 5.31. The zero-order valence-corrected chi connectivity index (χ0v) is 16.1. The van der Waals surface area contributed by atoms with Crippen LogP contribution in [0.2, 0.25) is 0 Å². The van der Waals surface area contributed by atoms with Crippen LogP contribution in [-0.2, 0) is 16.0 Å². The number of methoxy groups -OCH3 is 1. The molecule has 6 nitrogen and oxygen atoms in total. The van der Waals surface area contributed by atoms with Gasteiger partial charge in [0.25, 0.3) is 0 Å². The van der Waals surface area contributed by atoms with E-state index in [-0.39, 0.29) is 11.8 Å². The fourth-order valence-electron chi connectivity index (χ4n) is 3.29. The van der Waals surface area contributed by atoms with Crippen LogP contribution in [0.15, 0.2) is 36.4 Å². The molecule has 2 N–H and O–H groups in total. The highest BCUT2D eigenvalue weighted by Gasteiger charge is 2.23. The third-order valence-electron chi connectivity index (χ3n) is 4.74. The number of aryl methyl sites for hydroxylation is 1. The average Bonchev–Trinajstić information content (AvgIpc) is 3.05. The molecule has 0 spiro atoms. The van der Waals surface area contributed by atoms with E-state index in [1.807, 2.05) is 50.2 Å². The summed E-state index contributed by atoms with van der Waals surface area (Å²) in [6, 6.07) is 11.1. The lowest BCUT2D eigenvalue weighted by atomic mass is 10.1. The summed E-state index contributed by atoms with van der Waals surface area (Å²) in [6.45, 7) is 6.06. The molecule has 142 valence electrons. The number of hydrogen-bond acceptors (Lipinski definition) is 4. The molecule has 0 bridgehead atoms. The van der Waals surface area contributed by atoms with E-state index in [9.17, 15) is 9.59 Å². The van der Waals surface area contributed by atoms with Gasteiger partial charge in [0.2, 0.25) is 11.8 Å². The quantitative estimate of drug-likeness (QED) is 0.850. The van der Waals surface area contributed by atoms with Gasteiger partial charge in [-0.05, 0) is 61.7 Å². The number of ether oxygens (including phenoxy) is 1. The van der Waals surface area contributed by atoms with Crippen molar-refractivity contribution in [3.63, 3.8) is 0 Å². The fraction of sp³-hybridized carbons (Fsp3) is 0.333. The van der Waals surface area contributed by atoms with Crippen molar-refractivity contribution < 1.29 is 14.3 Å². The molecule has 0 aromatic heterocycles. The van der Waals surface area contributed by atoms with Crippen LogP contribution in [0.25, 0.3) is 0 Å². The van der Waals surface area contributed by atoms with Crippen molar-refractivity contribution in [3.8, 4) is 5.75 Å². The summed E-state index contributed by atoms with van der Waals surface area (Å²) in [5.74, 6) is 0.530. The van der Waals surface area contributed by atoms with E-state index < -0.39 is 6.04 Å². The molecule has 0 fully saturated rings. The standard InChI is InChI=1S/C21H25N3O3/c1-13-5-8-20(27-4)18(11-13)23-21(26)14(2)22-17-6-7-19-16(12-17)9-10-24(19)15(3)25/h5-8,11-12,14,22H,9-10H2,1-4H3,(H,23,26). The molecule has 0 radical (unpaired) electrons. The molecule has 1 unspecified atom stereocenters. The highest BCUT2D eigenvalue weighted by molar-refractivity contribution is 5.98. The second-order valence-electron chi connectivity index (χ2n) is 6.82. The largest absolute Gasteiger partial charge is 0.495 e. The van der Waals surface area contributed by atoms with Gasteiger partial charge < -0.3 is 20.3 Å². The van der Waals surface area contributed by atoms with Gasteiger partial charge in [-0.1, -0.05) is 6.07 Å². The van der Waals surface area contributed by atoms with Crippen LogP contribution in [0.4, 0.5) is 17.1 Å². The minimum absolute atomic E-state index is 0.0503. The normalized spacial score (nSPS) is 13.7. The monoisotopic (exact) mass is 367 g/mol. The van der Waals surface area contributed by atoms with Crippen LogP contribution in [-0.4, -0.2) is 31.5 Å². The van der Waals surface area contributed by atoms with Gasteiger partial charge in [0.1, 0.15) is 11.8 Å². The first-order valence-electron chi connectivity index (χ1n) is 9.02. The number of benzene rings is 2. The molecule has 0 saturated heterocycles. The van der Waals surface area contributed by atoms with Crippen molar-refractivity contribution in [1.82, 2.24) is 0 Å². The number of rotatable bonds is 5. The number of carbonyl (C=O) groups is 2. The van der Waals surface area contributed by atoms with Gasteiger partial charge in [0.05, 0.1) is 12.8 Å². The number of anilines is 3. The van der Waals surface area contributed by atoms with E-state index >= 15 is 0 Å². The van der Waals surface area contributed by atoms with Crippen molar-refractivity contribution in [3.05, 3.63) is 47.5 Å². The Bertz CT molecular complexity index is 879. The van der Waals surface area contributed by atoms with Gasteiger partial charge in [-0.15, -0.1) is 0 Å². The summed E-state index contributed by atoms with van der Waals surface area (Å²) in [7, 11) is 1.58. The average molecular weight is 367 g/mol. The first-order chi connectivity index (χ1) is 12.9. The van der Waals surface area contributed by atoms with E-state index in [2.05, 4.69) is 10.6 Å². The predicted molar refractivity (Wildman–Crippen MR) is 108 cm³/mol. The van der Waals surface area contributed by atoms with E-state index in [1.54, 1.807) is 18.9 Å². The Kier molecular flexibility index (Phi) is 5.35. The van der Waals surface area contributed by atoms with Crippen molar-refractivity contribution >= 4 is 28.9 Å². The Hall–Kier alpha value is -3.02. The van der Waals surface area contributed by atoms with Gasteiger partial charge in [-0.3, -0.25) is 9.59 Å². The number of carbonyl (C=O) groups excluding carboxylic acids is 2. The second-order valence-corrected chi connectivity index (χ2v) is 6.82. The van der Waals surface area contributed by atoms with Gasteiger partial charge in [0, 0.05) is 24.8 Å². The molecule has 0 aliphatic carbocycles. The number of nitrogens with zero attached hydrogens (tertiary/aromatic N) is 1. The molecule has 2 aromatic rings. The fourth-order valence-corrected chi connectivity index (χ4v) is 3.29. The molecule has 3 rings (SSSR count). The summed E-state index contributed by atoms with van der Waals surface area (Å²) in [5, 5.41) is 6.15. The van der Waals surface area contributed by atoms with Gasteiger partial charge in [-0.25, -0.2) is 0 Å². The Morgan fingerprint density at radius 2 is 1.96 bits per heavy atom. The first kappa shape index (κ1) is 18.8. The third-order valence-corrected chi connectivity index (χ3v) is 4.74. The van der Waals surface area contributed by atoms with Crippen molar-refractivity contribution in [2.75, 3.05) is 29.2 Å². The zero-order chi connectivity index (χ0) is 19.6. The van der Waals surface area contributed by atoms with Gasteiger partial charge in [0.15, 0.2) is 0 Å². The lowest BCUT2D eigenvalue weighted by molar-refractivity contribution is -0.117. The second kappa shape index (κ2) is 7.70. The molecule has 1 aliphatic rings. The van der Waals surface area contributed by atoms with Gasteiger partial charge in [-0.2, -0.15) is 0 Å². The number of fused-ring (bicyclic) bond motifs is 1. The lowest BCUT2D eigenvalue weighted by Gasteiger charge is -2.18. The van der Waals surface area contributed by atoms with Crippen molar-refractivity contribution in [2.45, 2.75) is 33.2 Å². The lowest BCUT2D eigenvalue weighted by Crippen LogP contribution is -2.32. The summed E-state index contributed by atoms with van der Waals surface area (Å²) in [5.41, 5.74) is 4.62. The topological polar surface area (TPSA) is 70.7 Å². The molecule has 1 aliphatic heterocycles. The number of hydrogen-bond donors (Lipinski definition) is 2. The Morgan fingerprint density at radius 1 is 1.19 bits per heavy atom. The van der Waals surface area contributed by atoms with Crippen LogP contribution >= 0.6 is 0 Å². The van der Waals surface area contributed by atoms with E-state index in [4.69, 9.17) is 4.74 Å². The first-order valence-corrected chi connectivity index (χ1v) is 9.02. The third kappa shape index (κ3) is 4.05.